The number of carbonyl (C=O) groups is 4. The molecule has 0 unspecified atom stereocenters. The number of likely N-dealkylation sites (tertiary alicyclic amines) is 1. The molecule has 10 nitrogen and oxygen atoms in total. The summed E-state index contributed by atoms with van der Waals surface area (Å²) in [4.78, 5) is 54.2. The normalized spacial score (nSPS) is 22.4. The number of nitrogens with zero attached hydrogens (tertiary/aromatic N) is 1. The minimum Gasteiger partial charge on any atom is -0.493 e. The van der Waals surface area contributed by atoms with Gasteiger partial charge in [-0.15, -0.1) is 0 Å². The van der Waals surface area contributed by atoms with E-state index in [1.165, 1.54) is 19.3 Å². The van der Waals surface area contributed by atoms with Crippen molar-refractivity contribution in [1.29, 1.82) is 0 Å². The number of hydrogen-bond donors (Lipinski definition) is 4. The minimum atomic E-state index is -0.909. The van der Waals surface area contributed by atoms with E-state index in [-0.39, 0.29) is 36.5 Å². The maximum atomic E-state index is 13.2. The summed E-state index contributed by atoms with van der Waals surface area (Å²) in [7, 11) is 0. The van der Waals surface area contributed by atoms with Gasteiger partial charge < -0.3 is 30.9 Å². The van der Waals surface area contributed by atoms with Gasteiger partial charge in [-0.05, 0) is 63.2 Å². The van der Waals surface area contributed by atoms with Gasteiger partial charge >= 0.3 is 0 Å². The second kappa shape index (κ2) is 15.3. The van der Waals surface area contributed by atoms with E-state index in [9.17, 15) is 19.2 Å². The molecule has 4 N–H and O–H groups in total. The van der Waals surface area contributed by atoms with E-state index in [1.54, 1.807) is 24.3 Å². The highest BCUT2D eigenvalue weighted by molar-refractivity contribution is 5.99. The molecular formula is C28H43N5O5. The van der Waals surface area contributed by atoms with E-state index in [1.807, 2.05) is 13.8 Å². The van der Waals surface area contributed by atoms with Crippen LogP contribution >= 0.6 is 0 Å². The molecule has 1 saturated heterocycles. The van der Waals surface area contributed by atoms with Crippen LogP contribution in [-0.2, 0) is 14.4 Å². The van der Waals surface area contributed by atoms with Crippen molar-refractivity contribution >= 4 is 23.6 Å². The number of rotatable bonds is 6. The second-order valence-electron chi connectivity index (χ2n) is 10.5. The molecule has 2 aliphatic heterocycles. The number of hydrogen-bond acceptors (Lipinski definition) is 6. The first-order chi connectivity index (χ1) is 18.3. The van der Waals surface area contributed by atoms with Gasteiger partial charge in [-0.25, -0.2) is 0 Å². The van der Waals surface area contributed by atoms with E-state index in [0.717, 1.165) is 19.6 Å². The summed E-state index contributed by atoms with van der Waals surface area (Å²) in [5.74, 6) is -0.728. The molecule has 2 atom stereocenters. The predicted octanol–water partition coefficient (Wildman–Crippen LogP) is 1.60. The van der Waals surface area contributed by atoms with E-state index in [0.29, 0.717) is 43.9 Å². The highest BCUT2D eigenvalue weighted by Gasteiger charge is 2.26. The standard InChI is InChI=1S/C28H43N5O5/c1-20(2)19-23-28(37)29-13-8-18-38-24-10-5-4-9-21(24)26(35)32-22(11-12-25(34)31-23)27(36)30-14-17-33-15-6-3-7-16-33/h4-5,9-10,20,22-23H,3,6-8,11-19H2,1-2H3,(H,29,37)(H,30,36)(H,31,34)(H,32,35)/t22-,23+/m0/s1. The van der Waals surface area contributed by atoms with Gasteiger partial charge in [0, 0.05) is 26.1 Å². The summed E-state index contributed by atoms with van der Waals surface area (Å²) < 4.78 is 5.84. The topological polar surface area (TPSA) is 129 Å². The fourth-order valence-corrected chi connectivity index (χ4v) is 4.76. The highest BCUT2D eigenvalue weighted by Crippen LogP contribution is 2.19. The summed E-state index contributed by atoms with van der Waals surface area (Å²) in [5, 5.41) is 11.4. The molecule has 2 heterocycles. The Hall–Kier alpha value is -3.14. The maximum Gasteiger partial charge on any atom is 0.255 e. The minimum absolute atomic E-state index is 0.00941. The molecule has 0 saturated carbocycles. The molecule has 38 heavy (non-hydrogen) atoms. The number of ether oxygens (including phenoxy) is 1. The van der Waals surface area contributed by atoms with Crippen molar-refractivity contribution in [3.8, 4) is 5.75 Å². The van der Waals surface area contributed by atoms with Gasteiger partial charge in [0.15, 0.2) is 0 Å². The van der Waals surface area contributed by atoms with E-state index >= 15 is 0 Å². The average Bonchev–Trinajstić information content (AvgIpc) is 2.90. The summed E-state index contributed by atoms with van der Waals surface area (Å²) in [5.41, 5.74) is 0.316. The monoisotopic (exact) mass is 529 g/mol. The molecular weight excluding hydrogens is 486 g/mol. The smallest absolute Gasteiger partial charge is 0.255 e. The highest BCUT2D eigenvalue weighted by atomic mass is 16.5. The van der Waals surface area contributed by atoms with Crippen LogP contribution in [0.25, 0.3) is 0 Å². The molecule has 0 spiro atoms. The Morgan fingerprint density at radius 3 is 2.61 bits per heavy atom. The van der Waals surface area contributed by atoms with Gasteiger partial charge in [-0.3, -0.25) is 19.2 Å². The third kappa shape index (κ3) is 9.63. The molecule has 0 radical (unpaired) electrons. The Morgan fingerprint density at radius 1 is 1.08 bits per heavy atom. The van der Waals surface area contributed by atoms with Crippen LogP contribution in [-0.4, -0.2) is 79.9 Å². The van der Waals surface area contributed by atoms with Crippen molar-refractivity contribution < 1.29 is 23.9 Å². The molecule has 0 aromatic heterocycles. The van der Waals surface area contributed by atoms with Crippen LogP contribution < -0.4 is 26.0 Å². The Labute approximate surface area is 225 Å². The lowest BCUT2D eigenvalue weighted by molar-refractivity contribution is -0.129. The summed E-state index contributed by atoms with van der Waals surface area (Å²) >= 11 is 0. The zero-order valence-electron chi connectivity index (χ0n) is 22.7. The van der Waals surface area contributed by atoms with Crippen LogP contribution in [0.1, 0.15) is 69.2 Å². The first kappa shape index (κ1) is 29.4. The molecule has 0 bridgehead atoms. The molecule has 0 aliphatic carbocycles. The molecule has 1 aromatic carbocycles. The van der Waals surface area contributed by atoms with Gasteiger partial charge in [0.05, 0.1) is 12.2 Å². The summed E-state index contributed by atoms with van der Waals surface area (Å²) in [6, 6.07) is 5.28. The van der Waals surface area contributed by atoms with Crippen molar-refractivity contribution in [2.45, 2.75) is 70.9 Å². The number of amides is 4. The average molecular weight is 530 g/mol. The number of benzene rings is 1. The lowest BCUT2D eigenvalue weighted by Crippen LogP contribution is -2.50. The van der Waals surface area contributed by atoms with Crippen LogP contribution in [0.4, 0.5) is 0 Å². The van der Waals surface area contributed by atoms with Gasteiger partial charge in [0.25, 0.3) is 5.91 Å². The Morgan fingerprint density at radius 2 is 1.84 bits per heavy atom. The Balaban J connectivity index is 1.72. The fourth-order valence-electron chi connectivity index (χ4n) is 4.76. The number of carbonyl (C=O) groups excluding carboxylic acids is 4. The van der Waals surface area contributed by atoms with Crippen LogP contribution in [0.3, 0.4) is 0 Å². The van der Waals surface area contributed by atoms with Gasteiger partial charge in [0.1, 0.15) is 17.8 Å². The zero-order chi connectivity index (χ0) is 27.3. The third-order valence-electron chi connectivity index (χ3n) is 6.83. The van der Waals surface area contributed by atoms with Crippen molar-refractivity contribution in [2.24, 2.45) is 5.92 Å². The molecule has 1 fully saturated rings. The van der Waals surface area contributed by atoms with Gasteiger partial charge in [0.2, 0.25) is 17.7 Å². The van der Waals surface area contributed by atoms with Gasteiger partial charge in [-0.2, -0.15) is 0 Å². The first-order valence-electron chi connectivity index (χ1n) is 13.9. The number of fused-ring (bicyclic) bond motifs is 1. The zero-order valence-corrected chi connectivity index (χ0v) is 22.7. The van der Waals surface area contributed by atoms with E-state index in [2.05, 4.69) is 26.2 Å². The van der Waals surface area contributed by atoms with Crippen molar-refractivity contribution in [3.05, 3.63) is 29.8 Å². The summed E-state index contributed by atoms with van der Waals surface area (Å²) in [6.45, 7) is 7.93. The fraction of sp³-hybridized carbons (Fsp3) is 0.643. The molecule has 10 heteroatoms. The Bertz CT molecular complexity index is 947. The predicted molar refractivity (Wildman–Crippen MR) is 145 cm³/mol. The van der Waals surface area contributed by atoms with Crippen LogP contribution in [0.5, 0.6) is 5.75 Å². The summed E-state index contributed by atoms with van der Waals surface area (Å²) in [6.07, 6.45) is 4.70. The second-order valence-corrected chi connectivity index (χ2v) is 10.5. The van der Waals surface area contributed by atoms with E-state index < -0.39 is 18.0 Å². The van der Waals surface area contributed by atoms with Crippen molar-refractivity contribution in [1.82, 2.24) is 26.2 Å². The van der Waals surface area contributed by atoms with E-state index in [4.69, 9.17) is 4.74 Å². The van der Waals surface area contributed by atoms with Crippen LogP contribution in [0, 0.1) is 5.92 Å². The first-order valence-corrected chi connectivity index (χ1v) is 13.9. The molecule has 2 aliphatic rings. The van der Waals surface area contributed by atoms with Crippen molar-refractivity contribution in [2.75, 3.05) is 39.3 Å². The number of nitrogens with one attached hydrogen (secondary N) is 4. The Kier molecular flexibility index (Phi) is 11.9. The lowest BCUT2D eigenvalue weighted by Gasteiger charge is -2.27. The van der Waals surface area contributed by atoms with Crippen LogP contribution in [0.2, 0.25) is 0 Å². The largest absolute Gasteiger partial charge is 0.493 e. The number of piperidine rings is 1. The lowest BCUT2D eigenvalue weighted by atomic mass is 10.0. The molecule has 210 valence electrons. The molecule has 1 aromatic rings. The molecule has 4 amide bonds. The van der Waals surface area contributed by atoms with Crippen molar-refractivity contribution in [3.63, 3.8) is 0 Å². The van der Waals surface area contributed by atoms with Gasteiger partial charge in [-0.1, -0.05) is 32.4 Å². The number of para-hydroxylation sites is 1. The molecule has 3 rings (SSSR count). The van der Waals surface area contributed by atoms with Crippen LogP contribution in [0.15, 0.2) is 24.3 Å². The SMILES string of the molecule is CC(C)C[C@H]1NC(=O)CC[C@@H](C(=O)NCCN2CCCCC2)NC(=O)c2ccccc2OCCCNC1=O. The third-order valence-corrected chi connectivity index (χ3v) is 6.83. The quantitative estimate of drug-likeness (QED) is 0.443. The maximum absolute atomic E-state index is 13.2.